The maximum atomic E-state index is 13.0. The molecule has 0 amide bonds. The van der Waals surface area contributed by atoms with Gasteiger partial charge in [0.05, 0.1) is 22.2 Å². The first kappa shape index (κ1) is 18.6. The quantitative estimate of drug-likeness (QED) is 0.420. The van der Waals surface area contributed by atoms with Crippen molar-refractivity contribution in [3.8, 4) is 11.3 Å². The fraction of sp³-hybridized carbons (Fsp3) is 0.0435. The number of fused-ring (bicyclic) bond motifs is 2. The number of nitrogens with zero attached hydrogens (tertiary/aromatic N) is 5. The molecule has 0 aliphatic heterocycles. The molecule has 0 saturated heterocycles. The number of para-hydroxylation sites is 1. The van der Waals surface area contributed by atoms with Crippen LogP contribution >= 0.6 is 0 Å². The summed E-state index contributed by atoms with van der Waals surface area (Å²) in [5.74, 6) is -0.592. The van der Waals surface area contributed by atoms with Gasteiger partial charge in [-0.2, -0.15) is 4.68 Å². The predicted molar refractivity (Wildman–Crippen MR) is 114 cm³/mol. The maximum absolute atomic E-state index is 13.0. The molecule has 150 valence electrons. The molecule has 0 fully saturated rings. The van der Waals surface area contributed by atoms with Crippen molar-refractivity contribution in [3.63, 3.8) is 0 Å². The highest BCUT2D eigenvalue weighted by Crippen LogP contribution is 2.25. The molecule has 0 unspecified atom stereocenters. The second-order valence-corrected chi connectivity index (χ2v) is 6.79. The number of ether oxygens (including phenoxy) is 1. The molecule has 0 spiro atoms. The molecule has 3 aromatic heterocycles. The van der Waals surface area contributed by atoms with Crippen LogP contribution in [0.2, 0.25) is 0 Å². The lowest BCUT2D eigenvalue weighted by Gasteiger charge is -2.10. The Kier molecular flexibility index (Phi) is 4.64. The van der Waals surface area contributed by atoms with Crippen LogP contribution in [0, 0.1) is 0 Å². The summed E-state index contributed by atoms with van der Waals surface area (Å²) < 4.78 is 6.44. The molecule has 5 aromatic rings. The van der Waals surface area contributed by atoms with E-state index in [0.29, 0.717) is 33.1 Å². The fourth-order valence-corrected chi connectivity index (χ4v) is 3.31. The number of esters is 1. The average Bonchev–Trinajstić information content (AvgIpc) is 2.83. The van der Waals surface area contributed by atoms with Crippen molar-refractivity contribution in [1.29, 1.82) is 0 Å². The molecule has 0 radical (unpaired) electrons. The highest BCUT2D eigenvalue weighted by atomic mass is 16.5. The molecule has 0 bridgehead atoms. The Morgan fingerprint density at radius 2 is 1.71 bits per heavy atom. The Hall–Kier alpha value is -4.46. The Morgan fingerprint density at radius 3 is 2.52 bits per heavy atom. The van der Waals surface area contributed by atoms with Gasteiger partial charge in [-0.3, -0.25) is 9.78 Å². The first-order chi connectivity index (χ1) is 15.2. The normalized spacial score (nSPS) is 11.0. The number of benzene rings is 2. The van der Waals surface area contributed by atoms with Gasteiger partial charge in [0.15, 0.2) is 6.73 Å². The van der Waals surface area contributed by atoms with Gasteiger partial charge in [-0.25, -0.2) is 9.78 Å². The van der Waals surface area contributed by atoms with Gasteiger partial charge < -0.3 is 4.74 Å². The SMILES string of the molecule is O=C(OCn1nnc2ccccc2c1=O)c1cc(-c2cccnc2)nc2ccccc12. The predicted octanol–water partition coefficient (Wildman–Crippen LogP) is 3.22. The van der Waals surface area contributed by atoms with Gasteiger partial charge in [0.1, 0.15) is 5.52 Å². The lowest BCUT2D eigenvalue weighted by molar-refractivity contribution is 0.0338. The van der Waals surface area contributed by atoms with Gasteiger partial charge in [-0.05, 0) is 36.4 Å². The molecular formula is C23H15N5O3. The van der Waals surface area contributed by atoms with Gasteiger partial charge in [-0.1, -0.05) is 35.5 Å². The fourth-order valence-electron chi connectivity index (χ4n) is 3.31. The van der Waals surface area contributed by atoms with Gasteiger partial charge in [-0.15, -0.1) is 5.10 Å². The topological polar surface area (TPSA) is 99.9 Å². The number of aromatic nitrogens is 5. The van der Waals surface area contributed by atoms with Crippen LogP contribution in [0.5, 0.6) is 0 Å². The minimum absolute atomic E-state index is 0.339. The van der Waals surface area contributed by atoms with Crippen molar-refractivity contribution < 1.29 is 9.53 Å². The van der Waals surface area contributed by atoms with Crippen LogP contribution in [0.1, 0.15) is 10.4 Å². The summed E-state index contributed by atoms with van der Waals surface area (Å²) in [6.07, 6.45) is 3.35. The van der Waals surface area contributed by atoms with Crippen LogP contribution < -0.4 is 5.56 Å². The second-order valence-electron chi connectivity index (χ2n) is 6.79. The van der Waals surface area contributed by atoms with E-state index < -0.39 is 5.97 Å². The third kappa shape index (κ3) is 3.51. The Labute approximate surface area is 175 Å². The van der Waals surface area contributed by atoms with Gasteiger partial charge in [0.25, 0.3) is 5.56 Å². The lowest BCUT2D eigenvalue weighted by atomic mass is 10.1. The molecule has 2 aromatic carbocycles. The summed E-state index contributed by atoms with van der Waals surface area (Å²) in [5, 5.41) is 8.91. The number of rotatable bonds is 4. The monoisotopic (exact) mass is 409 g/mol. The summed E-state index contributed by atoms with van der Waals surface area (Å²) in [6.45, 7) is -0.353. The zero-order valence-corrected chi connectivity index (χ0v) is 16.2. The van der Waals surface area contributed by atoms with Crippen LogP contribution in [0.25, 0.3) is 33.1 Å². The maximum Gasteiger partial charge on any atom is 0.340 e. The molecule has 0 saturated carbocycles. The van der Waals surface area contributed by atoms with Gasteiger partial charge in [0, 0.05) is 23.3 Å². The molecule has 8 nitrogen and oxygen atoms in total. The van der Waals surface area contributed by atoms with Crippen LogP contribution in [0.15, 0.2) is 83.9 Å². The van der Waals surface area contributed by atoms with E-state index in [1.165, 1.54) is 0 Å². The third-order valence-corrected chi connectivity index (χ3v) is 4.84. The third-order valence-electron chi connectivity index (χ3n) is 4.84. The largest absolute Gasteiger partial charge is 0.439 e. The number of hydrogen-bond acceptors (Lipinski definition) is 7. The minimum Gasteiger partial charge on any atom is -0.439 e. The Balaban J connectivity index is 1.50. The average molecular weight is 409 g/mol. The smallest absolute Gasteiger partial charge is 0.340 e. The van der Waals surface area contributed by atoms with Crippen LogP contribution in [0.3, 0.4) is 0 Å². The number of pyridine rings is 2. The number of carbonyl (C=O) groups is 1. The van der Waals surface area contributed by atoms with E-state index in [9.17, 15) is 9.59 Å². The molecular weight excluding hydrogens is 394 g/mol. The molecule has 0 atom stereocenters. The van der Waals surface area contributed by atoms with Gasteiger partial charge >= 0.3 is 5.97 Å². The first-order valence-electron chi connectivity index (χ1n) is 9.50. The zero-order valence-electron chi connectivity index (χ0n) is 16.2. The molecule has 31 heavy (non-hydrogen) atoms. The van der Waals surface area contributed by atoms with E-state index in [-0.39, 0.29) is 12.3 Å². The Bertz CT molecular complexity index is 1480. The van der Waals surface area contributed by atoms with E-state index >= 15 is 0 Å². The molecule has 3 heterocycles. The number of hydrogen-bond donors (Lipinski definition) is 0. The molecule has 8 heteroatoms. The summed E-state index contributed by atoms with van der Waals surface area (Å²) in [6, 6.07) is 19.5. The van der Waals surface area contributed by atoms with E-state index in [4.69, 9.17) is 4.74 Å². The first-order valence-corrected chi connectivity index (χ1v) is 9.50. The van der Waals surface area contributed by atoms with Crippen molar-refractivity contribution in [3.05, 3.63) is 95.0 Å². The Morgan fingerprint density at radius 1 is 0.935 bits per heavy atom. The minimum atomic E-state index is -0.592. The van der Waals surface area contributed by atoms with Crippen LogP contribution in [0.4, 0.5) is 0 Å². The van der Waals surface area contributed by atoms with Crippen molar-refractivity contribution in [1.82, 2.24) is 25.0 Å². The molecule has 5 rings (SSSR count). The van der Waals surface area contributed by atoms with E-state index in [1.807, 2.05) is 24.3 Å². The summed E-state index contributed by atoms with van der Waals surface area (Å²) in [5.41, 5.74) is 2.47. The molecule has 0 aliphatic carbocycles. The molecule has 0 N–H and O–H groups in total. The van der Waals surface area contributed by atoms with Gasteiger partial charge in [0.2, 0.25) is 0 Å². The van der Waals surface area contributed by atoms with E-state index in [1.54, 1.807) is 54.9 Å². The standard InChI is InChI=1S/C23H15N5O3/c29-22-17-8-2-4-10-20(17)26-27-28(22)14-31-23(30)18-12-21(15-6-5-11-24-13-15)25-19-9-3-1-7-16(18)19/h1-13H,14H2. The van der Waals surface area contributed by atoms with Crippen molar-refractivity contribution in [2.24, 2.45) is 0 Å². The summed E-state index contributed by atoms with van der Waals surface area (Å²) >= 11 is 0. The van der Waals surface area contributed by atoms with E-state index in [0.717, 1.165) is 10.2 Å². The van der Waals surface area contributed by atoms with Crippen molar-refractivity contribution >= 4 is 27.8 Å². The van der Waals surface area contributed by atoms with Crippen LogP contribution in [-0.2, 0) is 11.5 Å². The van der Waals surface area contributed by atoms with Crippen molar-refractivity contribution in [2.75, 3.05) is 0 Å². The van der Waals surface area contributed by atoms with Crippen LogP contribution in [-0.4, -0.2) is 30.9 Å². The molecule has 0 aliphatic rings. The summed E-state index contributed by atoms with van der Waals surface area (Å²) in [7, 11) is 0. The summed E-state index contributed by atoms with van der Waals surface area (Å²) in [4.78, 5) is 34.3. The zero-order chi connectivity index (χ0) is 21.2. The van der Waals surface area contributed by atoms with E-state index in [2.05, 4.69) is 20.3 Å². The lowest BCUT2D eigenvalue weighted by Crippen LogP contribution is -2.26. The second kappa shape index (κ2) is 7.75. The van der Waals surface area contributed by atoms with Crippen molar-refractivity contribution in [2.45, 2.75) is 6.73 Å². The highest BCUT2D eigenvalue weighted by Gasteiger charge is 2.16. The highest BCUT2D eigenvalue weighted by molar-refractivity contribution is 6.04. The number of carbonyl (C=O) groups excluding carboxylic acids is 1.